The number of hydrogen-bond donors (Lipinski definition) is 3. The van der Waals surface area contributed by atoms with Gasteiger partial charge >= 0.3 is 0 Å². The highest BCUT2D eigenvalue weighted by molar-refractivity contribution is 14.0. The number of halogens is 2. The van der Waals surface area contributed by atoms with Crippen LogP contribution in [0, 0.1) is 12.7 Å². The van der Waals surface area contributed by atoms with Crippen molar-refractivity contribution in [3.8, 4) is 0 Å². The van der Waals surface area contributed by atoms with Crippen LogP contribution in [0.4, 0.5) is 4.39 Å². The quantitative estimate of drug-likeness (QED) is 0.259. The first kappa shape index (κ1) is 25.5. The van der Waals surface area contributed by atoms with Crippen LogP contribution in [-0.4, -0.2) is 27.0 Å². The zero-order valence-electron chi connectivity index (χ0n) is 18.0. The van der Waals surface area contributed by atoms with Crippen LogP contribution in [0.2, 0.25) is 0 Å². The summed E-state index contributed by atoms with van der Waals surface area (Å²) in [7, 11) is -3.45. The minimum atomic E-state index is -3.45. The lowest BCUT2D eigenvalue weighted by molar-refractivity contribution is 0.581. The molecular weight excluding hydrogens is 530 g/mol. The summed E-state index contributed by atoms with van der Waals surface area (Å²) in [5, 5.41) is 6.46. The van der Waals surface area contributed by atoms with Crippen LogP contribution in [0.15, 0.2) is 52.4 Å². The Morgan fingerprint density at radius 3 is 2.45 bits per heavy atom. The molecule has 31 heavy (non-hydrogen) atoms. The van der Waals surface area contributed by atoms with Crippen molar-refractivity contribution in [2.24, 2.45) is 4.99 Å². The van der Waals surface area contributed by atoms with E-state index in [0.29, 0.717) is 24.6 Å². The maximum atomic E-state index is 13.9. The molecule has 170 valence electrons. The average molecular weight is 560 g/mol. The molecule has 2 aromatic carbocycles. The fraction of sp³-hybridized carbons (Fsp3) is 0.409. The maximum Gasteiger partial charge on any atom is 0.240 e. The van der Waals surface area contributed by atoms with Crippen LogP contribution >= 0.6 is 24.0 Å². The summed E-state index contributed by atoms with van der Waals surface area (Å²) in [6.45, 7) is 6.73. The lowest BCUT2D eigenvalue weighted by Gasteiger charge is -2.18. The molecule has 1 aliphatic rings. The molecule has 3 N–H and O–H groups in total. The summed E-state index contributed by atoms with van der Waals surface area (Å²) in [6.07, 6.45) is 1.81. The SMILES string of the molecule is CCNC(=NCc1ccc(S(=O)(=O)NC2CC2)cc1)NC(C)c1ccc(C)c(F)c1.I. The van der Waals surface area contributed by atoms with E-state index in [2.05, 4.69) is 20.3 Å². The van der Waals surface area contributed by atoms with Crippen LogP contribution in [0.1, 0.15) is 49.4 Å². The van der Waals surface area contributed by atoms with Crippen LogP contribution in [0.5, 0.6) is 0 Å². The predicted octanol–water partition coefficient (Wildman–Crippen LogP) is 4.01. The van der Waals surface area contributed by atoms with Gasteiger partial charge in [0.05, 0.1) is 17.5 Å². The minimum absolute atomic E-state index is 0. The second-order valence-corrected chi connectivity index (χ2v) is 9.32. The van der Waals surface area contributed by atoms with E-state index in [0.717, 1.165) is 24.0 Å². The van der Waals surface area contributed by atoms with Gasteiger partial charge < -0.3 is 10.6 Å². The van der Waals surface area contributed by atoms with Crippen LogP contribution in [-0.2, 0) is 16.6 Å². The molecule has 0 bridgehead atoms. The molecule has 1 aliphatic carbocycles. The van der Waals surface area contributed by atoms with Gasteiger partial charge in [-0.3, -0.25) is 0 Å². The summed E-state index contributed by atoms with van der Waals surface area (Å²) in [5.41, 5.74) is 2.34. The standard InChI is InChI=1S/C22H29FN4O2S.HI/c1-4-24-22(26-16(3)18-8-5-15(2)21(23)13-18)25-14-17-6-11-20(12-7-17)30(28,29)27-19-9-10-19;/h5-8,11-13,16,19,27H,4,9-10,14H2,1-3H3,(H2,24,25,26);1H. The molecule has 1 fully saturated rings. The van der Waals surface area contributed by atoms with Gasteiger partial charge in [-0.05, 0) is 68.5 Å². The lowest BCUT2D eigenvalue weighted by Crippen LogP contribution is -2.38. The smallest absolute Gasteiger partial charge is 0.240 e. The average Bonchev–Trinajstić information content (AvgIpc) is 3.52. The van der Waals surface area contributed by atoms with Crippen molar-refractivity contribution >= 4 is 40.0 Å². The second-order valence-electron chi connectivity index (χ2n) is 7.61. The highest BCUT2D eigenvalue weighted by atomic mass is 127. The molecule has 6 nitrogen and oxygen atoms in total. The molecule has 0 amide bonds. The van der Waals surface area contributed by atoms with Crippen molar-refractivity contribution in [2.75, 3.05) is 6.54 Å². The van der Waals surface area contributed by atoms with E-state index in [9.17, 15) is 12.8 Å². The Morgan fingerprint density at radius 1 is 1.19 bits per heavy atom. The Hall–Kier alpha value is -1.72. The highest BCUT2D eigenvalue weighted by Gasteiger charge is 2.27. The zero-order valence-corrected chi connectivity index (χ0v) is 21.1. The lowest BCUT2D eigenvalue weighted by atomic mass is 10.1. The van der Waals surface area contributed by atoms with Gasteiger partial charge in [-0.1, -0.05) is 24.3 Å². The van der Waals surface area contributed by atoms with Gasteiger partial charge in [0.2, 0.25) is 10.0 Å². The number of rotatable bonds is 8. The van der Waals surface area contributed by atoms with Gasteiger partial charge in [-0.2, -0.15) is 0 Å². The predicted molar refractivity (Wildman–Crippen MR) is 133 cm³/mol. The number of aliphatic imine (C=N–C) groups is 1. The third-order valence-corrected chi connectivity index (χ3v) is 6.48. The minimum Gasteiger partial charge on any atom is -0.357 e. The number of sulfonamides is 1. The molecule has 1 unspecified atom stereocenters. The summed E-state index contributed by atoms with van der Waals surface area (Å²) >= 11 is 0. The van der Waals surface area contributed by atoms with Gasteiger partial charge in [-0.25, -0.2) is 22.5 Å². The third-order valence-electron chi connectivity index (χ3n) is 4.95. The third kappa shape index (κ3) is 7.43. The first-order valence-corrected chi connectivity index (χ1v) is 11.7. The van der Waals surface area contributed by atoms with Crippen molar-refractivity contribution in [3.63, 3.8) is 0 Å². The molecule has 0 spiro atoms. The van der Waals surface area contributed by atoms with Crippen molar-refractivity contribution in [2.45, 2.75) is 57.1 Å². The van der Waals surface area contributed by atoms with E-state index in [-0.39, 0.29) is 46.8 Å². The number of guanidine groups is 1. The molecular formula is C22H30FIN4O2S. The van der Waals surface area contributed by atoms with Crippen LogP contribution in [0.25, 0.3) is 0 Å². The monoisotopic (exact) mass is 560 g/mol. The van der Waals surface area contributed by atoms with Crippen molar-refractivity contribution < 1.29 is 12.8 Å². The number of nitrogens with zero attached hydrogens (tertiary/aromatic N) is 1. The molecule has 3 rings (SSSR count). The molecule has 0 radical (unpaired) electrons. The number of aryl methyl sites for hydroxylation is 1. The van der Waals surface area contributed by atoms with E-state index in [1.165, 1.54) is 6.07 Å². The van der Waals surface area contributed by atoms with E-state index in [1.54, 1.807) is 37.3 Å². The Morgan fingerprint density at radius 2 is 1.87 bits per heavy atom. The molecule has 2 aromatic rings. The first-order valence-electron chi connectivity index (χ1n) is 10.2. The van der Waals surface area contributed by atoms with Crippen LogP contribution in [0.3, 0.4) is 0 Å². The van der Waals surface area contributed by atoms with Crippen molar-refractivity contribution in [1.82, 2.24) is 15.4 Å². The van der Waals surface area contributed by atoms with Gasteiger partial charge in [0.25, 0.3) is 0 Å². The highest BCUT2D eigenvalue weighted by Crippen LogP contribution is 2.22. The fourth-order valence-electron chi connectivity index (χ4n) is 2.92. The fourth-order valence-corrected chi connectivity index (χ4v) is 4.22. The number of nitrogens with one attached hydrogen (secondary N) is 3. The normalized spacial score (nSPS) is 15.2. The van der Waals surface area contributed by atoms with Gasteiger partial charge in [-0.15, -0.1) is 24.0 Å². The van der Waals surface area contributed by atoms with Gasteiger partial charge in [0, 0.05) is 12.6 Å². The molecule has 0 aromatic heterocycles. The zero-order chi connectivity index (χ0) is 21.7. The van der Waals surface area contributed by atoms with Gasteiger partial charge in [0.1, 0.15) is 5.82 Å². The summed E-state index contributed by atoms with van der Waals surface area (Å²) in [4.78, 5) is 4.84. The second kappa shape index (κ2) is 11.2. The van der Waals surface area contributed by atoms with E-state index in [1.807, 2.05) is 19.9 Å². The topological polar surface area (TPSA) is 82.6 Å². The molecule has 1 saturated carbocycles. The van der Waals surface area contributed by atoms with E-state index in [4.69, 9.17) is 0 Å². The summed E-state index contributed by atoms with van der Waals surface area (Å²) in [6, 6.07) is 11.9. The Bertz CT molecular complexity index is 1010. The Balaban J connectivity index is 0.00000341. The molecule has 0 heterocycles. The molecule has 1 atom stereocenters. The largest absolute Gasteiger partial charge is 0.357 e. The first-order chi connectivity index (χ1) is 14.3. The molecule has 0 saturated heterocycles. The molecule has 9 heteroatoms. The van der Waals surface area contributed by atoms with Crippen LogP contribution < -0.4 is 15.4 Å². The summed E-state index contributed by atoms with van der Waals surface area (Å²) in [5.74, 6) is 0.382. The number of benzene rings is 2. The van der Waals surface area contributed by atoms with Gasteiger partial charge in [0.15, 0.2) is 5.96 Å². The van der Waals surface area contributed by atoms with Crippen molar-refractivity contribution in [3.05, 3.63) is 65.0 Å². The van der Waals surface area contributed by atoms with E-state index >= 15 is 0 Å². The number of hydrogen-bond acceptors (Lipinski definition) is 3. The maximum absolute atomic E-state index is 13.9. The van der Waals surface area contributed by atoms with E-state index < -0.39 is 10.0 Å². The van der Waals surface area contributed by atoms with Crippen molar-refractivity contribution in [1.29, 1.82) is 0 Å². The Kier molecular flexibility index (Phi) is 9.26. The summed E-state index contributed by atoms with van der Waals surface area (Å²) < 4.78 is 41.1. The molecule has 0 aliphatic heterocycles. The Labute approximate surface area is 201 Å².